The lowest BCUT2D eigenvalue weighted by molar-refractivity contribution is 0.461. The molecule has 108 valence electrons. The molecule has 0 fully saturated rings. The minimum absolute atomic E-state index is 0.0894. The second kappa shape index (κ2) is 5.30. The van der Waals surface area contributed by atoms with E-state index in [2.05, 4.69) is 11.9 Å². The van der Waals surface area contributed by atoms with Crippen LogP contribution in [0.5, 0.6) is 11.5 Å². The van der Waals surface area contributed by atoms with Gasteiger partial charge in [0.1, 0.15) is 17.3 Å². The Morgan fingerprint density at radius 3 is 2.71 bits per heavy atom. The van der Waals surface area contributed by atoms with Crippen LogP contribution in [0.1, 0.15) is 13.3 Å². The Labute approximate surface area is 127 Å². The minimum Gasteiger partial charge on any atom is -0.508 e. The minimum atomic E-state index is 0.0894. The van der Waals surface area contributed by atoms with Gasteiger partial charge in [-0.15, -0.1) is 0 Å². The van der Waals surface area contributed by atoms with E-state index in [-0.39, 0.29) is 11.5 Å². The van der Waals surface area contributed by atoms with E-state index in [0.29, 0.717) is 16.4 Å². The third-order valence-corrected chi connectivity index (χ3v) is 3.61. The summed E-state index contributed by atoms with van der Waals surface area (Å²) in [5, 5.41) is 20.4. The molecule has 0 aliphatic carbocycles. The van der Waals surface area contributed by atoms with Crippen LogP contribution in [-0.2, 0) is 6.54 Å². The number of imidazole rings is 1. The molecule has 2 N–H and O–H groups in total. The second-order valence-electron chi connectivity index (χ2n) is 4.92. The molecule has 0 aliphatic heterocycles. The Kier molecular flexibility index (Phi) is 3.47. The molecule has 0 radical (unpaired) electrons. The van der Waals surface area contributed by atoms with Gasteiger partial charge in [-0.25, -0.2) is 4.98 Å². The molecular weight excluding hydrogens is 288 g/mol. The molecule has 1 aromatic heterocycles. The first-order valence-corrected chi connectivity index (χ1v) is 7.16. The van der Waals surface area contributed by atoms with Crippen molar-refractivity contribution in [2.75, 3.05) is 0 Å². The van der Waals surface area contributed by atoms with Crippen molar-refractivity contribution in [1.29, 1.82) is 0 Å². The number of benzene rings is 2. The molecule has 1 heterocycles. The van der Waals surface area contributed by atoms with Crippen molar-refractivity contribution in [1.82, 2.24) is 9.55 Å². The normalized spacial score (nSPS) is 11.1. The molecule has 0 saturated heterocycles. The lowest BCUT2D eigenvalue weighted by Crippen LogP contribution is -1.99. The predicted octanol–water partition coefficient (Wildman–Crippen LogP) is 4.18. The van der Waals surface area contributed by atoms with Gasteiger partial charge in [0, 0.05) is 11.6 Å². The SMILES string of the molecule is CCCn1c(-c2cc(O)ccc2O)nc2cc(Cl)ccc21. The molecule has 0 saturated carbocycles. The molecule has 0 atom stereocenters. The Bertz CT molecular complexity index is 811. The van der Waals surface area contributed by atoms with Crippen LogP contribution in [0.25, 0.3) is 22.4 Å². The molecule has 21 heavy (non-hydrogen) atoms. The quantitative estimate of drug-likeness (QED) is 0.714. The van der Waals surface area contributed by atoms with Gasteiger partial charge in [-0.05, 0) is 42.8 Å². The molecule has 0 unspecified atom stereocenters. The first-order valence-electron chi connectivity index (χ1n) is 6.78. The lowest BCUT2D eigenvalue weighted by atomic mass is 10.1. The lowest BCUT2D eigenvalue weighted by Gasteiger charge is -2.09. The number of phenols is 2. The number of fused-ring (bicyclic) bond motifs is 1. The Morgan fingerprint density at radius 1 is 1.14 bits per heavy atom. The van der Waals surface area contributed by atoms with Crippen LogP contribution in [0.4, 0.5) is 0 Å². The van der Waals surface area contributed by atoms with Gasteiger partial charge in [-0.1, -0.05) is 18.5 Å². The van der Waals surface area contributed by atoms with Gasteiger partial charge < -0.3 is 14.8 Å². The van der Waals surface area contributed by atoms with E-state index in [1.165, 1.54) is 18.2 Å². The van der Waals surface area contributed by atoms with E-state index in [0.717, 1.165) is 24.0 Å². The standard InChI is InChI=1S/C16H15ClN2O2/c1-2-7-19-14-5-3-10(17)8-13(14)18-16(19)12-9-11(20)4-6-15(12)21/h3-6,8-9,20-21H,2,7H2,1H3. The predicted molar refractivity (Wildman–Crippen MR) is 83.8 cm³/mol. The highest BCUT2D eigenvalue weighted by Crippen LogP contribution is 2.34. The number of phenolic OH excluding ortho intramolecular Hbond substituents is 2. The number of aryl methyl sites for hydroxylation is 1. The van der Waals surface area contributed by atoms with Crippen molar-refractivity contribution in [3.63, 3.8) is 0 Å². The van der Waals surface area contributed by atoms with Gasteiger partial charge in [-0.2, -0.15) is 0 Å². The molecule has 0 bridgehead atoms. The van der Waals surface area contributed by atoms with Crippen molar-refractivity contribution in [2.24, 2.45) is 0 Å². The molecule has 0 aliphatic rings. The van der Waals surface area contributed by atoms with Crippen LogP contribution in [0.15, 0.2) is 36.4 Å². The Balaban J connectivity index is 2.30. The molecule has 3 aromatic rings. The topological polar surface area (TPSA) is 58.3 Å². The third kappa shape index (κ3) is 2.43. The van der Waals surface area contributed by atoms with Crippen molar-refractivity contribution in [2.45, 2.75) is 19.9 Å². The highest BCUT2D eigenvalue weighted by Gasteiger charge is 2.16. The summed E-state index contributed by atoms with van der Waals surface area (Å²) >= 11 is 6.02. The number of hydrogen-bond acceptors (Lipinski definition) is 3. The molecule has 5 heteroatoms. The Hall–Kier alpha value is -2.20. The zero-order chi connectivity index (χ0) is 15.0. The monoisotopic (exact) mass is 302 g/mol. The average molecular weight is 303 g/mol. The maximum Gasteiger partial charge on any atom is 0.145 e. The van der Waals surface area contributed by atoms with Crippen LogP contribution in [0.3, 0.4) is 0 Å². The summed E-state index contributed by atoms with van der Waals surface area (Å²) in [5.74, 6) is 0.810. The van der Waals surface area contributed by atoms with E-state index in [1.807, 2.05) is 16.7 Å². The van der Waals surface area contributed by atoms with Crippen LogP contribution < -0.4 is 0 Å². The largest absolute Gasteiger partial charge is 0.508 e. The van der Waals surface area contributed by atoms with Gasteiger partial charge in [0.15, 0.2) is 0 Å². The van der Waals surface area contributed by atoms with E-state index in [9.17, 15) is 10.2 Å². The van der Waals surface area contributed by atoms with Crippen molar-refractivity contribution in [3.8, 4) is 22.9 Å². The van der Waals surface area contributed by atoms with E-state index < -0.39 is 0 Å². The fourth-order valence-electron chi connectivity index (χ4n) is 2.46. The van der Waals surface area contributed by atoms with Gasteiger partial charge in [-0.3, -0.25) is 0 Å². The first-order chi connectivity index (χ1) is 10.1. The van der Waals surface area contributed by atoms with Gasteiger partial charge in [0.05, 0.1) is 16.6 Å². The van der Waals surface area contributed by atoms with E-state index in [4.69, 9.17) is 11.6 Å². The summed E-state index contributed by atoms with van der Waals surface area (Å²) in [6.45, 7) is 2.84. The highest BCUT2D eigenvalue weighted by atomic mass is 35.5. The first kappa shape index (κ1) is 13.8. The number of halogens is 1. The summed E-state index contributed by atoms with van der Waals surface area (Å²) in [4.78, 5) is 4.57. The summed E-state index contributed by atoms with van der Waals surface area (Å²) in [7, 11) is 0. The third-order valence-electron chi connectivity index (χ3n) is 3.38. The number of rotatable bonds is 3. The van der Waals surface area contributed by atoms with Crippen LogP contribution in [0, 0.1) is 0 Å². The Morgan fingerprint density at radius 2 is 1.95 bits per heavy atom. The van der Waals surface area contributed by atoms with Crippen molar-refractivity contribution >= 4 is 22.6 Å². The average Bonchev–Trinajstić information content (AvgIpc) is 2.80. The second-order valence-corrected chi connectivity index (χ2v) is 5.36. The van der Waals surface area contributed by atoms with E-state index in [1.54, 1.807) is 6.07 Å². The summed E-state index contributed by atoms with van der Waals surface area (Å²) in [5.41, 5.74) is 2.24. The van der Waals surface area contributed by atoms with Gasteiger partial charge >= 0.3 is 0 Å². The maximum absolute atomic E-state index is 10.1. The van der Waals surface area contributed by atoms with Crippen LogP contribution in [-0.4, -0.2) is 19.8 Å². The van der Waals surface area contributed by atoms with Crippen molar-refractivity contribution < 1.29 is 10.2 Å². The van der Waals surface area contributed by atoms with Crippen molar-refractivity contribution in [3.05, 3.63) is 41.4 Å². The maximum atomic E-state index is 10.1. The van der Waals surface area contributed by atoms with Gasteiger partial charge in [0.2, 0.25) is 0 Å². The number of hydrogen-bond donors (Lipinski definition) is 2. The summed E-state index contributed by atoms with van der Waals surface area (Å²) in [6.07, 6.45) is 0.931. The van der Waals surface area contributed by atoms with Crippen LogP contribution in [0.2, 0.25) is 5.02 Å². The number of aromatic nitrogens is 2. The van der Waals surface area contributed by atoms with Crippen LogP contribution >= 0.6 is 11.6 Å². The number of aromatic hydroxyl groups is 2. The molecule has 3 rings (SSSR count). The zero-order valence-corrected chi connectivity index (χ0v) is 12.3. The fraction of sp³-hybridized carbons (Fsp3) is 0.188. The smallest absolute Gasteiger partial charge is 0.145 e. The van der Waals surface area contributed by atoms with Gasteiger partial charge in [0.25, 0.3) is 0 Å². The highest BCUT2D eigenvalue weighted by molar-refractivity contribution is 6.31. The molecule has 4 nitrogen and oxygen atoms in total. The summed E-state index contributed by atoms with van der Waals surface area (Å²) in [6, 6.07) is 9.97. The van der Waals surface area contributed by atoms with E-state index >= 15 is 0 Å². The number of nitrogens with zero attached hydrogens (tertiary/aromatic N) is 2. The fourth-order valence-corrected chi connectivity index (χ4v) is 2.63. The molecule has 0 spiro atoms. The molecule has 2 aromatic carbocycles. The summed E-state index contributed by atoms with van der Waals surface area (Å²) < 4.78 is 2.03. The zero-order valence-electron chi connectivity index (χ0n) is 11.5. The molecular formula is C16H15ClN2O2. The molecule has 0 amide bonds.